The average Bonchev–Trinajstić information content (AvgIpc) is 2.59. The Balaban J connectivity index is 1.89. The molecular weight excluding hydrogens is 395 g/mol. The number of esters is 1. The second kappa shape index (κ2) is 8.39. The molecule has 2 rings (SSSR count). The molecule has 25 heavy (non-hydrogen) atoms. The lowest BCUT2D eigenvalue weighted by molar-refractivity contribution is -0.129. The van der Waals surface area contributed by atoms with Crippen LogP contribution >= 0.6 is 15.9 Å². The molecule has 0 spiro atoms. The minimum absolute atomic E-state index is 0.295. The zero-order valence-corrected chi connectivity index (χ0v) is 14.7. The fraction of sp³-hybridized carbons (Fsp3) is 0.118. The van der Waals surface area contributed by atoms with Gasteiger partial charge >= 0.3 is 5.97 Å². The van der Waals surface area contributed by atoms with E-state index >= 15 is 0 Å². The van der Waals surface area contributed by atoms with Gasteiger partial charge in [0.2, 0.25) is 0 Å². The normalized spacial score (nSPS) is 11.3. The molecule has 2 amide bonds. The van der Waals surface area contributed by atoms with Gasteiger partial charge in [0, 0.05) is 10.0 Å². The summed E-state index contributed by atoms with van der Waals surface area (Å²) in [7, 11) is 0. The highest BCUT2D eigenvalue weighted by atomic mass is 79.9. The first-order valence-corrected chi connectivity index (χ1v) is 7.99. The third kappa shape index (κ3) is 5.12. The van der Waals surface area contributed by atoms with Gasteiger partial charge in [-0.2, -0.15) is 0 Å². The lowest BCUT2D eigenvalue weighted by Gasteiger charge is -2.14. The Labute approximate surface area is 151 Å². The molecule has 2 aromatic carbocycles. The molecule has 0 heterocycles. The molecule has 0 unspecified atom stereocenters. The van der Waals surface area contributed by atoms with Crippen molar-refractivity contribution in [2.75, 3.05) is 0 Å². The Kier molecular flexibility index (Phi) is 6.24. The van der Waals surface area contributed by atoms with E-state index in [0.717, 1.165) is 6.07 Å². The third-order valence-electron chi connectivity index (χ3n) is 3.14. The molecule has 0 saturated heterocycles. The molecule has 130 valence electrons. The zero-order chi connectivity index (χ0) is 18.4. The number of rotatable bonds is 4. The second-order valence-corrected chi connectivity index (χ2v) is 5.90. The van der Waals surface area contributed by atoms with E-state index in [4.69, 9.17) is 4.74 Å². The van der Waals surface area contributed by atoms with Gasteiger partial charge in [-0.15, -0.1) is 0 Å². The number of hydrazine groups is 1. The Morgan fingerprint density at radius 3 is 2.40 bits per heavy atom. The van der Waals surface area contributed by atoms with Crippen LogP contribution in [0.1, 0.15) is 27.6 Å². The number of hydrogen-bond donors (Lipinski definition) is 2. The highest BCUT2D eigenvalue weighted by molar-refractivity contribution is 9.10. The van der Waals surface area contributed by atoms with Crippen molar-refractivity contribution in [1.82, 2.24) is 10.9 Å². The van der Waals surface area contributed by atoms with E-state index in [-0.39, 0.29) is 5.56 Å². The summed E-state index contributed by atoms with van der Waals surface area (Å²) in [5.74, 6) is -3.03. The lowest BCUT2D eigenvalue weighted by atomic mass is 10.2. The fourth-order valence-electron chi connectivity index (χ4n) is 1.81. The molecule has 0 aliphatic heterocycles. The standard InChI is InChI=1S/C17H14BrFN2O4/c1-10(25-17(24)13-8-7-12(18)9-14(13)19)15(22)20-21-16(23)11-5-3-2-4-6-11/h2-10H,1H3,(H,20,22)(H,21,23)/t10-/m0/s1. The summed E-state index contributed by atoms with van der Waals surface area (Å²) in [5, 5.41) is 0. The number of hydrogen-bond acceptors (Lipinski definition) is 4. The van der Waals surface area contributed by atoms with Crippen LogP contribution in [0.5, 0.6) is 0 Å². The van der Waals surface area contributed by atoms with E-state index in [9.17, 15) is 18.8 Å². The molecule has 0 bridgehead atoms. The van der Waals surface area contributed by atoms with Crippen LogP contribution in [0, 0.1) is 5.82 Å². The van der Waals surface area contributed by atoms with Crippen LogP contribution in [0.25, 0.3) is 0 Å². The van der Waals surface area contributed by atoms with Gasteiger partial charge in [-0.05, 0) is 37.3 Å². The van der Waals surface area contributed by atoms with Gasteiger partial charge in [0.05, 0.1) is 5.56 Å². The highest BCUT2D eigenvalue weighted by Gasteiger charge is 2.21. The van der Waals surface area contributed by atoms with Gasteiger partial charge < -0.3 is 4.74 Å². The van der Waals surface area contributed by atoms with E-state index < -0.39 is 29.7 Å². The van der Waals surface area contributed by atoms with E-state index in [1.54, 1.807) is 30.3 Å². The first-order valence-electron chi connectivity index (χ1n) is 7.19. The van der Waals surface area contributed by atoms with Gasteiger partial charge in [0.15, 0.2) is 6.10 Å². The Morgan fingerprint density at radius 1 is 1.08 bits per heavy atom. The molecule has 2 N–H and O–H groups in total. The maximum absolute atomic E-state index is 13.7. The van der Waals surface area contributed by atoms with Crippen LogP contribution in [0.15, 0.2) is 53.0 Å². The SMILES string of the molecule is C[C@H](OC(=O)c1ccc(Br)cc1F)C(=O)NNC(=O)c1ccccc1. The highest BCUT2D eigenvalue weighted by Crippen LogP contribution is 2.16. The molecule has 0 aliphatic carbocycles. The van der Waals surface area contributed by atoms with Crippen molar-refractivity contribution >= 4 is 33.7 Å². The number of carbonyl (C=O) groups excluding carboxylic acids is 3. The monoisotopic (exact) mass is 408 g/mol. The molecule has 0 aliphatic rings. The number of amides is 2. The third-order valence-corrected chi connectivity index (χ3v) is 3.63. The maximum atomic E-state index is 13.7. The summed E-state index contributed by atoms with van der Waals surface area (Å²) in [4.78, 5) is 35.6. The molecule has 8 heteroatoms. The van der Waals surface area contributed by atoms with Crippen LogP contribution in [-0.4, -0.2) is 23.9 Å². The van der Waals surface area contributed by atoms with Crippen LogP contribution in [0.4, 0.5) is 4.39 Å². The topological polar surface area (TPSA) is 84.5 Å². The minimum atomic E-state index is -1.23. The first kappa shape index (κ1) is 18.6. The van der Waals surface area contributed by atoms with Crippen molar-refractivity contribution in [2.24, 2.45) is 0 Å². The van der Waals surface area contributed by atoms with Crippen LogP contribution in [0.3, 0.4) is 0 Å². The van der Waals surface area contributed by atoms with Gasteiger partial charge in [0.1, 0.15) is 5.82 Å². The number of ether oxygens (including phenoxy) is 1. The van der Waals surface area contributed by atoms with Gasteiger partial charge in [-0.3, -0.25) is 20.4 Å². The predicted molar refractivity (Wildman–Crippen MR) is 91.0 cm³/mol. The minimum Gasteiger partial charge on any atom is -0.449 e. The van der Waals surface area contributed by atoms with Crippen molar-refractivity contribution in [3.8, 4) is 0 Å². The number of nitrogens with one attached hydrogen (secondary N) is 2. The summed E-state index contributed by atoms with van der Waals surface area (Å²) in [6.45, 7) is 1.30. The Morgan fingerprint density at radius 2 is 1.76 bits per heavy atom. The maximum Gasteiger partial charge on any atom is 0.341 e. The molecule has 0 fully saturated rings. The molecule has 0 radical (unpaired) electrons. The molecule has 0 saturated carbocycles. The van der Waals surface area contributed by atoms with E-state index in [1.165, 1.54) is 19.1 Å². The molecule has 0 aromatic heterocycles. The summed E-state index contributed by atoms with van der Waals surface area (Å²) < 4.78 is 19.1. The summed E-state index contributed by atoms with van der Waals surface area (Å²) >= 11 is 3.08. The number of halogens is 2. The Bertz CT molecular complexity index is 798. The quantitative estimate of drug-likeness (QED) is 0.601. The van der Waals surface area contributed by atoms with Crippen molar-refractivity contribution in [3.63, 3.8) is 0 Å². The summed E-state index contributed by atoms with van der Waals surface area (Å²) in [6, 6.07) is 12.1. The van der Waals surface area contributed by atoms with Crippen LogP contribution < -0.4 is 10.9 Å². The first-order chi connectivity index (χ1) is 11.9. The summed E-state index contributed by atoms with van der Waals surface area (Å²) in [5.41, 5.74) is 4.40. The van der Waals surface area contributed by atoms with E-state index in [1.807, 2.05) is 0 Å². The number of benzene rings is 2. The zero-order valence-electron chi connectivity index (χ0n) is 13.1. The molecular formula is C17H14BrFN2O4. The van der Waals surface area contributed by atoms with E-state index in [0.29, 0.717) is 10.0 Å². The molecule has 6 nitrogen and oxygen atoms in total. The molecule has 1 atom stereocenters. The number of carbonyl (C=O) groups is 3. The summed E-state index contributed by atoms with van der Waals surface area (Å²) in [6.07, 6.45) is -1.23. The second-order valence-electron chi connectivity index (χ2n) is 4.98. The lowest BCUT2D eigenvalue weighted by Crippen LogP contribution is -2.46. The van der Waals surface area contributed by atoms with Crippen molar-refractivity contribution in [2.45, 2.75) is 13.0 Å². The van der Waals surface area contributed by atoms with Gasteiger partial charge in [-0.1, -0.05) is 34.1 Å². The van der Waals surface area contributed by atoms with Crippen LogP contribution in [-0.2, 0) is 9.53 Å². The Hall–Kier alpha value is -2.74. The predicted octanol–water partition coefficient (Wildman–Crippen LogP) is 2.59. The van der Waals surface area contributed by atoms with Gasteiger partial charge in [-0.25, -0.2) is 9.18 Å². The van der Waals surface area contributed by atoms with Crippen molar-refractivity contribution in [1.29, 1.82) is 0 Å². The van der Waals surface area contributed by atoms with E-state index in [2.05, 4.69) is 26.8 Å². The smallest absolute Gasteiger partial charge is 0.341 e. The molecule has 2 aromatic rings. The van der Waals surface area contributed by atoms with Crippen molar-refractivity contribution < 1.29 is 23.5 Å². The fourth-order valence-corrected chi connectivity index (χ4v) is 2.15. The van der Waals surface area contributed by atoms with Gasteiger partial charge in [0.25, 0.3) is 11.8 Å². The largest absolute Gasteiger partial charge is 0.449 e. The van der Waals surface area contributed by atoms with Crippen molar-refractivity contribution in [3.05, 3.63) is 69.9 Å². The average molecular weight is 409 g/mol. The van der Waals surface area contributed by atoms with Crippen LogP contribution in [0.2, 0.25) is 0 Å².